The summed E-state index contributed by atoms with van der Waals surface area (Å²) in [5.74, 6) is 0.209. The molecule has 3 nitrogen and oxygen atoms in total. The third kappa shape index (κ3) is 1.92. The van der Waals surface area contributed by atoms with Gasteiger partial charge < -0.3 is 4.90 Å². The van der Waals surface area contributed by atoms with Crippen molar-refractivity contribution in [2.75, 3.05) is 11.9 Å². The van der Waals surface area contributed by atoms with E-state index in [2.05, 4.69) is 33.8 Å². The van der Waals surface area contributed by atoms with Gasteiger partial charge in [0.15, 0.2) is 0 Å². The molecule has 19 heavy (non-hydrogen) atoms. The van der Waals surface area contributed by atoms with Crippen LogP contribution in [0.25, 0.3) is 0 Å². The van der Waals surface area contributed by atoms with Crippen LogP contribution in [0.15, 0.2) is 24.3 Å². The van der Waals surface area contributed by atoms with E-state index in [0.29, 0.717) is 5.56 Å². The summed E-state index contributed by atoms with van der Waals surface area (Å²) >= 11 is 0. The van der Waals surface area contributed by atoms with Gasteiger partial charge in [-0.15, -0.1) is 0 Å². The summed E-state index contributed by atoms with van der Waals surface area (Å²) in [6.07, 6.45) is 0. The zero-order chi connectivity index (χ0) is 14.4. The number of carbonyl (C=O) groups excluding carboxylic acids is 1. The molecule has 3 heteroatoms. The maximum absolute atomic E-state index is 12.6. The molecule has 1 aromatic carbocycles. The van der Waals surface area contributed by atoms with E-state index in [0.717, 1.165) is 5.69 Å². The Bertz CT molecular complexity index is 535. The van der Waals surface area contributed by atoms with Crippen LogP contribution in [0.1, 0.15) is 33.3 Å². The summed E-state index contributed by atoms with van der Waals surface area (Å²) in [6.45, 7) is 8.56. The van der Waals surface area contributed by atoms with Gasteiger partial charge in [-0.05, 0) is 35.1 Å². The molecule has 0 aromatic heterocycles. The number of amides is 1. The minimum absolute atomic E-state index is 0.0466. The Hall–Kier alpha value is -1.82. The largest absolute Gasteiger partial charge is 0.315 e. The molecule has 1 saturated carbocycles. The van der Waals surface area contributed by atoms with Crippen LogP contribution >= 0.6 is 0 Å². The molecule has 0 radical (unpaired) electrons. The van der Waals surface area contributed by atoms with E-state index in [9.17, 15) is 4.79 Å². The minimum atomic E-state index is 0.0466. The Kier molecular flexibility index (Phi) is 2.93. The molecule has 0 atom stereocenters. The zero-order valence-electron chi connectivity index (χ0n) is 12.2. The van der Waals surface area contributed by atoms with Gasteiger partial charge in [0.25, 0.3) is 0 Å². The SMILES string of the molecule is CN(C(=O)C1C(C)(C)C1(C)C)c1ccc(C#N)cc1. The molecule has 0 saturated heterocycles. The molecule has 1 aromatic rings. The van der Waals surface area contributed by atoms with Gasteiger partial charge in [-0.25, -0.2) is 0 Å². The Morgan fingerprint density at radius 1 is 1.16 bits per heavy atom. The Labute approximate surface area is 114 Å². The summed E-state index contributed by atoms with van der Waals surface area (Å²) in [6, 6.07) is 9.19. The van der Waals surface area contributed by atoms with Gasteiger partial charge >= 0.3 is 0 Å². The van der Waals surface area contributed by atoms with E-state index in [-0.39, 0.29) is 22.7 Å². The number of hydrogen-bond donors (Lipinski definition) is 0. The van der Waals surface area contributed by atoms with Gasteiger partial charge in [-0.2, -0.15) is 5.26 Å². The van der Waals surface area contributed by atoms with Gasteiger partial charge in [0.1, 0.15) is 0 Å². The van der Waals surface area contributed by atoms with Crippen molar-refractivity contribution >= 4 is 11.6 Å². The quantitative estimate of drug-likeness (QED) is 0.815. The van der Waals surface area contributed by atoms with E-state index in [4.69, 9.17) is 5.26 Å². The van der Waals surface area contributed by atoms with Crippen LogP contribution in [-0.4, -0.2) is 13.0 Å². The second kappa shape index (κ2) is 4.09. The summed E-state index contributed by atoms with van der Waals surface area (Å²) in [4.78, 5) is 14.2. The third-order valence-corrected chi connectivity index (χ3v) is 4.98. The molecule has 1 amide bonds. The highest BCUT2D eigenvalue weighted by Gasteiger charge is 2.68. The number of hydrogen-bond acceptors (Lipinski definition) is 2. The normalized spacial score (nSPS) is 19.6. The number of anilines is 1. The maximum atomic E-state index is 12.6. The first kappa shape index (κ1) is 13.6. The van der Waals surface area contributed by atoms with Crippen molar-refractivity contribution < 1.29 is 4.79 Å². The average molecular weight is 256 g/mol. The Morgan fingerprint density at radius 2 is 1.63 bits per heavy atom. The lowest BCUT2D eigenvalue weighted by Gasteiger charge is -2.18. The predicted molar refractivity (Wildman–Crippen MR) is 75.6 cm³/mol. The fourth-order valence-electron chi connectivity index (χ4n) is 2.89. The molecular formula is C16H20N2O. The van der Waals surface area contributed by atoms with E-state index in [1.54, 1.807) is 24.1 Å². The number of carbonyl (C=O) groups is 1. The van der Waals surface area contributed by atoms with Crippen molar-refractivity contribution in [2.45, 2.75) is 27.7 Å². The van der Waals surface area contributed by atoms with Crippen LogP contribution in [0.5, 0.6) is 0 Å². The molecule has 100 valence electrons. The first-order valence-corrected chi connectivity index (χ1v) is 6.51. The van der Waals surface area contributed by atoms with Crippen molar-refractivity contribution in [3.63, 3.8) is 0 Å². The van der Waals surface area contributed by atoms with Crippen LogP contribution in [-0.2, 0) is 4.79 Å². The van der Waals surface area contributed by atoms with E-state index in [1.165, 1.54) is 0 Å². The lowest BCUT2D eigenvalue weighted by atomic mass is 10.0. The van der Waals surface area contributed by atoms with Gasteiger partial charge in [-0.1, -0.05) is 27.7 Å². The van der Waals surface area contributed by atoms with Crippen molar-refractivity contribution in [2.24, 2.45) is 16.7 Å². The molecular weight excluding hydrogens is 236 g/mol. The molecule has 1 fully saturated rings. The number of rotatable bonds is 2. The second-order valence-corrected chi connectivity index (χ2v) is 6.43. The molecule has 2 rings (SSSR count). The Morgan fingerprint density at radius 3 is 2.00 bits per heavy atom. The van der Waals surface area contributed by atoms with Crippen LogP contribution in [0.2, 0.25) is 0 Å². The van der Waals surface area contributed by atoms with Gasteiger partial charge in [0.2, 0.25) is 5.91 Å². The van der Waals surface area contributed by atoms with Crippen LogP contribution in [0, 0.1) is 28.1 Å². The molecule has 0 heterocycles. The van der Waals surface area contributed by atoms with E-state index in [1.807, 2.05) is 12.1 Å². The van der Waals surface area contributed by atoms with Crippen LogP contribution in [0.3, 0.4) is 0 Å². The molecule has 0 aliphatic heterocycles. The molecule has 0 bridgehead atoms. The first-order chi connectivity index (χ1) is 8.73. The maximum Gasteiger partial charge on any atom is 0.230 e. The first-order valence-electron chi connectivity index (χ1n) is 6.51. The second-order valence-electron chi connectivity index (χ2n) is 6.43. The lowest BCUT2D eigenvalue weighted by molar-refractivity contribution is -0.120. The highest BCUT2D eigenvalue weighted by Crippen LogP contribution is 2.68. The highest BCUT2D eigenvalue weighted by molar-refractivity contribution is 5.97. The van der Waals surface area contributed by atoms with Crippen molar-refractivity contribution in [3.8, 4) is 6.07 Å². The number of benzene rings is 1. The molecule has 1 aliphatic rings. The van der Waals surface area contributed by atoms with Crippen LogP contribution in [0.4, 0.5) is 5.69 Å². The van der Waals surface area contributed by atoms with Gasteiger partial charge in [0, 0.05) is 18.7 Å². The summed E-state index contributed by atoms with van der Waals surface area (Å²) in [7, 11) is 1.80. The summed E-state index contributed by atoms with van der Waals surface area (Å²) in [5, 5.41) is 8.78. The van der Waals surface area contributed by atoms with E-state index >= 15 is 0 Å². The zero-order valence-corrected chi connectivity index (χ0v) is 12.2. The number of nitrogens with zero attached hydrogens (tertiary/aromatic N) is 2. The standard InChI is InChI=1S/C16H20N2O/c1-15(2)13(16(15,3)4)14(19)18(5)12-8-6-11(10-17)7-9-12/h6-9,13H,1-5H3. The lowest BCUT2D eigenvalue weighted by Crippen LogP contribution is -2.29. The summed E-state index contributed by atoms with van der Waals surface area (Å²) in [5.41, 5.74) is 1.54. The molecule has 1 aliphatic carbocycles. The summed E-state index contributed by atoms with van der Waals surface area (Å²) < 4.78 is 0. The van der Waals surface area contributed by atoms with Crippen molar-refractivity contribution in [1.82, 2.24) is 0 Å². The van der Waals surface area contributed by atoms with Crippen molar-refractivity contribution in [3.05, 3.63) is 29.8 Å². The smallest absolute Gasteiger partial charge is 0.230 e. The fraction of sp³-hybridized carbons (Fsp3) is 0.500. The van der Waals surface area contributed by atoms with E-state index < -0.39 is 0 Å². The Balaban J connectivity index is 2.19. The van der Waals surface area contributed by atoms with Gasteiger partial charge in [-0.3, -0.25) is 4.79 Å². The molecule has 0 N–H and O–H groups in total. The minimum Gasteiger partial charge on any atom is -0.315 e. The highest BCUT2D eigenvalue weighted by atomic mass is 16.2. The average Bonchev–Trinajstić information content (AvgIpc) is 2.78. The topological polar surface area (TPSA) is 44.1 Å². The number of nitriles is 1. The predicted octanol–water partition coefficient (Wildman–Crippen LogP) is 3.20. The van der Waals surface area contributed by atoms with Gasteiger partial charge in [0.05, 0.1) is 11.6 Å². The molecule has 0 unspecified atom stereocenters. The monoisotopic (exact) mass is 256 g/mol. The van der Waals surface area contributed by atoms with Crippen molar-refractivity contribution in [1.29, 1.82) is 5.26 Å². The third-order valence-electron chi connectivity index (χ3n) is 4.98. The molecule has 0 spiro atoms. The van der Waals surface area contributed by atoms with Crippen LogP contribution < -0.4 is 4.90 Å². The fourth-order valence-corrected chi connectivity index (χ4v) is 2.89.